The van der Waals surface area contributed by atoms with E-state index in [9.17, 15) is 0 Å². The number of nitrogens with zero attached hydrogens (tertiary/aromatic N) is 4. The first-order valence-corrected chi connectivity index (χ1v) is 9.41. The molecule has 2 N–H and O–H groups in total. The number of halogens is 1. The van der Waals surface area contributed by atoms with Gasteiger partial charge in [-0.05, 0) is 44.9 Å². The van der Waals surface area contributed by atoms with Crippen LogP contribution >= 0.6 is 24.0 Å². The van der Waals surface area contributed by atoms with Crippen molar-refractivity contribution in [2.45, 2.75) is 40.3 Å². The van der Waals surface area contributed by atoms with Gasteiger partial charge in [-0.1, -0.05) is 6.07 Å². The van der Waals surface area contributed by atoms with Gasteiger partial charge in [0.1, 0.15) is 6.33 Å². The van der Waals surface area contributed by atoms with Crippen LogP contribution in [0.15, 0.2) is 29.5 Å². The molecule has 0 radical (unpaired) electrons. The molecule has 2 rings (SSSR count). The van der Waals surface area contributed by atoms with Gasteiger partial charge in [0.2, 0.25) is 0 Å². The molecule has 0 aliphatic rings. The lowest BCUT2D eigenvalue weighted by Crippen LogP contribution is -2.38. The predicted molar refractivity (Wildman–Crippen MR) is 122 cm³/mol. The third-order valence-corrected chi connectivity index (χ3v) is 3.99. The standard InChI is InChI=1S/C19H30N6O2.HI/c1-5-25-14-23-24-18(25)13-22-19(20-4)21-11-10-15-8-9-16(26-6-2)17(12-15)27-7-3;/h8-9,12,14H,5-7,10-11,13H2,1-4H3,(H2,20,21,22);1H. The van der Waals surface area contributed by atoms with E-state index in [2.05, 4.69) is 38.8 Å². The first kappa shape index (κ1) is 24.0. The molecule has 0 bridgehead atoms. The normalized spacial score (nSPS) is 10.9. The summed E-state index contributed by atoms with van der Waals surface area (Å²) in [6, 6.07) is 6.07. The zero-order valence-corrected chi connectivity index (χ0v) is 19.4. The fourth-order valence-electron chi connectivity index (χ4n) is 2.64. The first-order chi connectivity index (χ1) is 13.2. The zero-order chi connectivity index (χ0) is 19.5. The number of hydrogen-bond donors (Lipinski definition) is 2. The number of benzene rings is 1. The van der Waals surface area contributed by atoms with E-state index in [1.54, 1.807) is 13.4 Å². The summed E-state index contributed by atoms with van der Waals surface area (Å²) in [7, 11) is 1.75. The Bertz CT molecular complexity index is 735. The number of guanidine groups is 1. The number of aromatic nitrogens is 3. The predicted octanol–water partition coefficient (Wildman–Crippen LogP) is 2.62. The van der Waals surface area contributed by atoms with E-state index in [0.717, 1.165) is 42.8 Å². The lowest BCUT2D eigenvalue weighted by Gasteiger charge is -2.14. The van der Waals surface area contributed by atoms with E-state index in [0.29, 0.717) is 19.8 Å². The first-order valence-electron chi connectivity index (χ1n) is 9.41. The third-order valence-electron chi connectivity index (χ3n) is 3.99. The van der Waals surface area contributed by atoms with Crippen molar-refractivity contribution in [1.29, 1.82) is 0 Å². The van der Waals surface area contributed by atoms with Gasteiger partial charge in [0.25, 0.3) is 0 Å². The molecule has 1 aromatic carbocycles. The number of aliphatic imine (C=N–C) groups is 1. The minimum atomic E-state index is 0. The Morgan fingerprint density at radius 2 is 1.86 bits per heavy atom. The molecule has 0 saturated carbocycles. The van der Waals surface area contributed by atoms with Crippen molar-refractivity contribution in [1.82, 2.24) is 25.4 Å². The maximum atomic E-state index is 5.68. The minimum absolute atomic E-state index is 0. The highest BCUT2D eigenvalue weighted by molar-refractivity contribution is 14.0. The van der Waals surface area contributed by atoms with E-state index in [-0.39, 0.29) is 24.0 Å². The molecule has 8 nitrogen and oxygen atoms in total. The van der Waals surface area contributed by atoms with Crippen LogP contribution in [0.1, 0.15) is 32.2 Å². The smallest absolute Gasteiger partial charge is 0.191 e. The van der Waals surface area contributed by atoms with Gasteiger partial charge in [0, 0.05) is 20.1 Å². The maximum absolute atomic E-state index is 5.68. The van der Waals surface area contributed by atoms with Crippen LogP contribution in [-0.2, 0) is 19.5 Å². The Morgan fingerprint density at radius 3 is 2.54 bits per heavy atom. The van der Waals surface area contributed by atoms with Crippen molar-refractivity contribution in [2.24, 2.45) is 4.99 Å². The molecular formula is C19H31IN6O2. The van der Waals surface area contributed by atoms with E-state index < -0.39 is 0 Å². The van der Waals surface area contributed by atoms with Crippen molar-refractivity contribution in [3.05, 3.63) is 35.9 Å². The van der Waals surface area contributed by atoms with Crippen molar-refractivity contribution < 1.29 is 9.47 Å². The van der Waals surface area contributed by atoms with E-state index in [1.165, 1.54) is 5.56 Å². The number of ether oxygens (including phenoxy) is 2. The molecule has 28 heavy (non-hydrogen) atoms. The average molecular weight is 502 g/mol. The fourth-order valence-corrected chi connectivity index (χ4v) is 2.64. The molecule has 156 valence electrons. The molecule has 0 amide bonds. The summed E-state index contributed by atoms with van der Waals surface area (Å²) >= 11 is 0. The molecule has 0 atom stereocenters. The molecular weight excluding hydrogens is 471 g/mol. The van der Waals surface area contributed by atoms with Gasteiger partial charge in [-0.25, -0.2) is 0 Å². The van der Waals surface area contributed by atoms with Crippen LogP contribution in [0.25, 0.3) is 0 Å². The van der Waals surface area contributed by atoms with Crippen LogP contribution < -0.4 is 20.1 Å². The highest BCUT2D eigenvalue weighted by Crippen LogP contribution is 2.28. The number of rotatable bonds is 10. The van der Waals surface area contributed by atoms with E-state index >= 15 is 0 Å². The van der Waals surface area contributed by atoms with Gasteiger partial charge in [0.05, 0.1) is 19.8 Å². The third kappa shape index (κ3) is 7.17. The van der Waals surface area contributed by atoms with Crippen LogP contribution in [0.5, 0.6) is 11.5 Å². The Morgan fingerprint density at radius 1 is 1.11 bits per heavy atom. The van der Waals surface area contributed by atoms with Gasteiger partial charge in [-0.2, -0.15) is 0 Å². The molecule has 0 fully saturated rings. The van der Waals surface area contributed by atoms with Gasteiger partial charge < -0.3 is 24.7 Å². The summed E-state index contributed by atoms with van der Waals surface area (Å²) < 4.78 is 13.3. The van der Waals surface area contributed by atoms with Gasteiger partial charge in [-0.3, -0.25) is 4.99 Å². The summed E-state index contributed by atoms with van der Waals surface area (Å²) in [6.07, 6.45) is 2.58. The van der Waals surface area contributed by atoms with Gasteiger partial charge in [0.15, 0.2) is 23.3 Å². The van der Waals surface area contributed by atoms with Gasteiger partial charge in [-0.15, -0.1) is 34.2 Å². The number of aryl methyl sites for hydroxylation is 1. The number of hydrogen-bond acceptors (Lipinski definition) is 5. The summed E-state index contributed by atoms with van der Waals surface area (Å²) in [5.74, 6) is 3.19. The Labute approximate surface area is 184 Å². The molecule has 9 heteroatoms. The van der Waals surface area contributed by atoms with Crippen LogP contribution in [0.4, 0.5) is 0 Å². The minimum Gasteiger partial charge on any atom is -0.490 e. The highest BCUT2D eigenvalue weighted by atomic mass is 127. The quantitative estimate of drug-likeness (QED) is 0.295. The Balaban J connectivity index is 0.00000392. The second kappa shape index (κ2) is 13.2. The Hall–Kier alpha value is -2.04. The molecule has 2 aromatic rings. The average Bonchev–Trinajstić information content (AvgIpc) is 3.14. The number of nitrogens with one attached hydrogen (secondary N) is 2. The van der Waals surface area contributed by atoms with Crippen LogP contribution in [0, 0.1) is 0 Å². The summed E-state index contributed by atoms with van der Waals surface area (Å²) in [5.41, 5.74) is 1.18. The lowest BCUT2D eigenvalue weighted by molar-refractivity contribution is 0.287. The van der Waals surface area contributed by atoms with Crippen LogP contribution in [-0.4, -0.2) is 47.5 Å². The second-order valence-electron chi connectivity index (χ2n) is 5.78. The topological polar surface area (TPSA) is 85.6 Å². The van der Waals surface area contributed by atoms with Crippen molar-refractivity contribution in [3.63, 3.8) is 0 Å². The molecule has 1 aromatic heterocycles. The van der Waals surface area contributed by atoms with Crippen molar-refractivity contribution in [2.75, 3.05) is 26.8 Å². The summed E-state index contributed by atoms with van der Waals surface area (Å²) in [4.78, 5) is 4.25. The highest BCUT2D eigenvalue weighted by Gasteiger charge is 2.07. The van der Waals surface area contributed by atoms with Gasteiger partial charge >= 0.3 is 0 Å². The van der Waals surface area contributed by atoms with Crippen LogP contribution in [0.3, 0.4) is 0 Å². The molecule has 0 aliphatic heterocycles. The zero-order valence-electron chi connectivity index (χ0n) is 17.1. The van der Waals surface area contributed by atoms with Crippen molar-refractivity contribution >= 4 is 29.9 Å². The summed E-state index contributed by atoms with van der Waals surface area (Å²) in [6.45, 7) is 9.40. The van der Waals surface area contributed by atoms with E-state index in [1.807, 2.05) is 30.5 Å². The largest absolute Gasteiger partial charge is 0.490 e. The molecule has 0 spiro atoms. The lowest BCUT2D eigenvalue weighted by atomic mass is 10.1. The molecule has 0 saturated heterocycles. The molecule has 1 heterocycles. The molecule has 0 aliphatic carbocycles. The maximum Gasteiger partial charge on any atom is 0.191 e. The van der Waals surface area contributed by atoms with E-state index in [4.69, 9.17) is 9.47 Å². The van der Waals surface area contributed by atoms with Crippen LogP contribution in [0.2, 0.25) is 0 Å². The SMILES string of the molecule is CCOc1ccc(CCNC(=NC)NCc2nncn2CC)cc1OCC.I. The Kier molecular flexibility index (Phi) is 11.3. The molecule has 0 unspecified atom stereocenters. The van der Waals surface area contributed by atoms with Crippen molar-refractivity contribution in [3.8, 4) is 11.5 Å². The summed E-state index contributed by atoms with van der Waals surface area (Å²) in [5, 5.41) is 14.6. The second-order valence-corrected chi connectivity index (χ2v) is 5.78. The monoisotopic (exact) mass is 502 g/mol. The fraction of sp³-hybridized carbons (Fsp3) is 0.526.